The molecule has 7 nitrogen and oxygen atoms in total. The first-order valence-corrected chi connectivity index (χ1v) is 13.2. The highest BCUT2D eigenvalue weighted by molar-refractivity contribution is 7.87. The number of hydrogen-bond acceptors (Lipinski definition) is 3. The molecule has 0 atom stereocenters. The van der Waals surface area contributed by atoms with Crippen molar-refractivity contribution in [1.29, 1.82) is 0 Å². The van der Waals surface area contributed by atoms with Crippen molar-refractivity contribution >= 4 is 21.1 Å². The summed E-state index contributed by atoms with van der Waals surface area (Å²) in [6, 6.07) is 7.96. The maximum atomic E-state index is 14.5. The Bertz CT molecular complexity index is 1490. The third-order valence-corrected chi connectivity index (χ3v) is 7.92. The molecule has 1 aliphatic rings. The number of nitrogens with one attached hydrogen (secondary N) is 4. The van der Waals surface area contributed by atoms with Crippen LogP contribution in [0, 0.1) is 30.3 Å². The first-order valence-electron chi connectivity index (χ1n) is 11.7. The summed E-state index contributed by atoms with van der Waals surface area (Å²) in [4.78, 5) is 10.2. The average Bonchev–Trinajstić information content (AvgIpc) is 3.37. The summed E-state index contributed by atoms with van der Waals surface area (Å²) >= 11 is 0. The molecule has 0 amide bonds. The highest BCUT2D eigenvalue weighted by Gasteiger charge is 2.35. The Morgan fingerprint density at radius 2 is 1.81 bits per heavy atom. The molecule has 5 rings (SSSR count). The number of aromatic amines is 2. The fourth-order valence-electron chi connectivity index (χ4n) is 4.87. The zero-order valence-electron chi connectivity index (χ0n) is 19.5. The lowest BCUT2D eigenvalue weighted by Gasteiger charge is -2.36. The van der Waals surface area contributed by atoms with Crippen LogP contribution in [0.1, 0.15) is 35.7 Å². The van der Waals surface area contributed by atoms with Crippen LogP contribution < -0.4 is 9.44 Å². The van der Waals surface area contributed by atoms with E-state index in [1.54, 1.807) is 18.5 Å². The lowest BCUT2D eigenvalue weighted by molar-refractivity contribution is 0.267. The quantitative estimate of drug-likeness (QED) is 0.264. The van der Waals surface area contributed by atoms with Gasteiger partial charge in [-0.2, -0.15) is 8.42 Å². The third kappa shape index (κ3) is 5.04. The number of benzene rings is 2. The van der Waals surface area contributed by atoms with Crippen LogP contribution in [-0.4, -0.2) is 36.5 Å². The summed E-state index contributed by atoms with van der Waals surface area (Å²) in [5.74, 6) is -1.71. The van der Waals surface area contributed by atoms with Gasteiger partial charge in [-0.25, -0.2) is 27.6 Å². The van der Waals surface area contributed by atoms with E-state index in [4.69, 9.17) is 0 Å². The van der Waals surface area contributed by atoms with E-state index >= 15 is 0 Å². The molecule has 4 N–H and O–H groups in total. The number of halogens is 3. The summed E-state index contributed by atoms with van der Waals surface area (Å²) in [6.07, 6.45) is 3.34. The minimum atomic E-state index is -3.67. The largest absolute Gasteiger partial charge is 0.352 e. The molecule has 36 heavy (non-hydrogen) atoms. The van der Waals surface area contributed by atoms with E-state index in [1.165, 1.54) is 18.2 Å². The molecule has 0 aliphatic heterocycles. The van der Waals surface area contributed by atoms with Crippen molar-refractivity contribution < 1.29 is 21.6 Å². The van der Waals surface area contributed by atoms with E-state index in [0.717, 1.165) is 23.0 Å². The van der Waals surface area contributed by atoms with E-state index in [1.807, 2.05) is 6.92 Å². The topological polar surface area (TPSA) is 103 Å². The van der Waals surface area contributed by atoms with E-state index in [-0.39, 0.29) is 30.4 Å². The fourth-order valence-corrected chi connectivity index (χ4v) is 5.80. The highest BCUT2D eigenvalue weighted by atomic mass is 32.2. The predicted octanol–water partition coefficient (Wildman–Crippen LogP) is 4.44. The number of hydrogen-bond donors (Lipinski definition) is 4. The van der Waals surface area contributed by atoms with Gasteiger partial charge in [0.25, 0.3) is 10.2 Å². The molecule has 2 aromatic heterocycles. The Kier molecular flexibility index (Phi) is 6.62. The standard InChI is InChI=1S/C25H26F3N5O2S/c1-14-22(30-13-29-14)6-7-31-36(34,35)32-12-15-8-17(9-15)23-20-10-19(27)11-21(28)25(20)33-24(23)16-2-4-18(26)5-3-16/h2-5,10-11,13,15,17,31-33H,6-9,12H2,1H3,(H,29,30). The minimum absolute atomic E-state index is 0.0230. The van der Waals surface area contributed by atoms with Gasteiger partial charge in [0.15, 0.2) is 0 Å². The van der Waals surface area contributed by atoms with Crippen molar-refractivity contribution in [3.8, 4) is 11.3 Å². The zero-order chi connectivity index (χ0) is 25.4. The molecule has 2 heterocycles. The van der Waals surface area contributed by atoms with E-state index in [2.05, 4.69) is 24.4 Å². The molecule has 0 bridgehead atoms. The van der Waals surface area contributed by atoms with Crippen LogP contribution >= 0.6 is 0 Å². The Labute approximate surface area is 206 Å². The molecule has 0 saturated heterocycles. The van der Waals surface area contributed by atoms with Crippen molar-refractivity contribution in [2.24, 2.45) is 5.92 Å². The van der Waals surface area contributed by atoms with Crippen molar-refractivity contribution in [2.45, 2.75) is 32.1 Å². The molecule has 2 aromatic carbocycles. The zero-order valence-corrected chi connectivity index (χ0v) is 20.4. The number of rotatable bonds is 9. The van der Waals surface area contributed by atoms with Gasteiger partial charge < -0.3 is 9.97 Å². The number of fused-ring (bicyclic) bond motifs is 1. The molecule has 0 spiro atoms. The second-order valence-electron chi connectivity index (χ2n) is 9.24. The molecule has 0 unspecified atom stereocenters. The van der Waals surface area contributed by atoms with Crippen LogP contribution in [0.25, 0.3) is 22.2 Å². The maximum absolute atomic E-state index is 14.5. The van der Waals surface area contributed by atoms with Crippen LogP contribution in [-0.2, 0) is 16.6 Å². The van der Waals surface area contributed by atoms with Crippen molar-refractivity contribution in [3.63, 3.8) is 0 Å². The Morgan fingerprint density at radius 1 is 1.06 bits per heavy atom. The van der Waals surface area contributed by atoms with E-state index < -0.39 is 27.7 Å². The Balaban J connectivity index is 1.26. The number of H-pyrrole nitrogens is 2. The van der Waals surface area contributed by atoms with Gasteiger partial charge in [0, 0.05) is 36.7 Å². The van der Waals surface area contributed by atoms with Crippen molar-refractivity contribution in [2.75, 3.05) is 13.1 Å². The van der Waals surface area contributed by atoms with Gasteiger partial charge >= 0.3 is 0 Å². The number of nitrogens with zero attached hydrogens (tertiary/aromatic N) is 1. The average molecular weight is 518 g/mol. The van der Waals surface area contributed by atoms with Gasteiger partial charge in [-0.1, -0.05) is 0 Å². The molecule has 11 heteroatoms. The van der Waals surface area contributed by atoms with E-state index in [9.17, 15) is 21.6 Å². The van der Waals surface area contributed by atoms with Gasteiger partial charge in [-0.3, -0.25) is 0 Å². The summed E-state index contributed by atoms with van der Waals surface area (Å²) in [5, 5.41) is 0.450. The van der Waals surface area contributed by atoms with Crippen LogP contribution in [0.3, 0.4) is 0 Å². The third-order valence-electron chi connectivity index (χ3n) is 6.79. The summed E-state index contributed by atoms with van der Waals surface area (Å²) < 4.78 is 71.9. The van der Waals surface area contributed by atoms with Gasteiger partial charge in [-0.15, -0.1) is 0 Å². The van der Waals surface area contributed by atoms with Crippen LogP contribution in [0.2, 0.25) is 0 Å². The second-order valence-corrected chi connectivity index (χ2v) is 10.8. The molecule has 1 aliphatic carbocycles. The number of aromatic nitrogens is 3. The summed E-state index contributed by atoms with van der Waals surface area (Å²) in [5.41, 5.74) is 3.97. The van der Waals surface area contributed by atoms with Gasteiger partial charge in [0.1, 0.15) is 17.5 Å². The monoisotopic (exact) mass is 517 g/mol. The summed E-state index contributed by atoms with van der Waals surface area (Å²) in [7, 11) is -3.67. The van der Waals surface area contributed by atoms with Crippen molar-refractivity contribution in [1.82, 2.24) is 24.4 Å². The minimum Gasteiger partial charge on any atom is -0.352 e. The summed E-state index contributed by atoms with van der Waals surface area (Å²) in [6.45, 7) is 2.35. The van der Waals surface area contributed by atoms with Crippen LogP contribution in [0.5, 0.6) is 0 Å². The molecular formula is C25H26F3N5O2S. The molecular weight excluding hydrogens is 491 g/mol. The van der Waals surface area contributed by atoms with Crippen molar-refractivity contribution in [3.05, 3.63) is 77.1 Å². The smallest absolute Gasteiger partial charge is 0.276 e. The van der Waals surface area contributed by atoms with Crippen LogP contribution in [0.15, 0.2) is 42.7 Å². The lowest BCUT2D eigenvalue weighted by atomic mass is 9.70. The Morgan fingerprint density at radius 3 is 2.50 bits per heavy atom. The number of imidazole rings is 1. The van der Waals surface area contributed by atoms with E-state index in [0.29, 0.717) is 35.9 Å². The molecule has 4 aromatic rings. The van der Waals surface area contributed by atoms with Crippen LogP contribution in [0.4, 0.5) is 13.2 Å². The lowest BCUT2D eigenvalue weighted by Crippen LogP contribution is -2.42. The normalized spacial score (nSPS) is 18.0. The second kappa shape index (κ2) is 9.72. The van der Waals surface area contributed by atoms with Gasteiger partial charge in [0.05, 0.1) is 23.2 Å². The first-order chi connectivity index (χ1) is 17.2. The maximum Gasteiger partial charge on any atom is 0.276 e. The predicted molar refractivity (Wildman–Crippen MR) is 131 cm³/mol. The molecule has 0 radical (unpaired) electrons. The first kappa shape index (κ1) is 24.5. The number of aryl methyl sites for hydroxylation is 1. The Hall–Kier alpha value is -3.15. The molecule has 1 saturated carbocycles. The van der Waals surface area contributed by atoms with Gasteiger partial charge in [-0.05, 0) is 73.1 Å². The fraction of sp³-hybridized carbons (Fsp3) is 0.320. The SMILES string of the molecule is Cc1[nH]cnc1CCNS(=O)(=O)NCC1CC(c2c(-c3ccc(F)cc3)[nH]c3c(F)cc(F)cc23)C1. The highest BCUT2D eigenvalue weighted by Crippen LogP contribution is 2.48. The van der Waals surface area contributed by atoms with Gasteiger partial charge in [0.2, 0.25) is 0 Å². The molecule has 190 valence electrons. The molecule has 1 fully saturated rings.